The lowest BCUT2D eigenvalue weighted by atomic mass is 9.95. The summed E-state index contributed by atoms with van der Waals surface area (Å²) in [6, 6.07) is 6.71. The van der Waals surface area contributed by atoms with Crippen molar-refractivity contribution in [2.24, 2.45) is 0 Å². The molecule has 198 valence electrons. The molecule has 1 amide bonds. The first kappa shape index (κ1) is 27.8. The van der Waals surface area contributed by atoms with E-state index in [-0.39, 0.29) is 24.7 Å². The van der Waals surface area contributed by atoms with Gasteiger partial charge in [0.2, 0.25) is 0 Å². The van der Waals surface area contributed by atoms with Crippen LogP contribution in [0.5, 0.6) is 0 Å². The number of carbonyl (C=O) groups excluding carboxylic acids is 1. The van der Waals surface area contributed by atoms with Gasteiger partial charge < -0.3 is 14.4 Å². The number of likely N-dealkylation sites (tertiary alicyclic amines) is 1. The highest BCUT2D eigenvalue weighted by Crippen LogP contribution is 2.39. The Kier molecular flexibility index (Phi) is 7.64. The largest absolute Gasteiger partial charge is 0.444 e. The molecule has 11 heteroatoms. The van der Waals surface area contributed by atoms with Crippen molar-refractivity contribution in [3.63, 3.8) is 0 Å². The third-order valence-electron chi connectivity index (χ3n) is 5.67. The van der Waals surface area contributed by atoms with Crippen LogP contribution in [0.15, 0.2) is 42.5 Å². The summed E-state index contributed by atoms with van der Waals surface area (Å²) in [5.41, 5.74) is -3.40. The number of nitrogens with zero attached hydrogens (tertiary/aromatic N) is 1. The van der Waals surface area contributed by atoms with Gasteiger partial charge in [-0.1, -0.05) is 12.1 Å². The van der Waals surface area contributed by atoms with Crippen LogP contribution in [0.4, 0.5) is 35.5 Å². The highest BCUT2D eigenvalue weighted by Gasteiger charge is 2.41. The molecule has 1 heterocycles. The number of rotatable bonds is 4. The lowest BCUT2D eigenvalue weighted by molar-refractivity contribution is -0.143. The normalized spacial score (nSPS) is 19.9. The van der Waals surface area contributed by atoms with Gasteiger partial charge >= 0.3 is 18.4 Å². The predicted octanol–water partition coefficient (Wildman–Crippen LogP) is 7.34. The van der Waals surface area contributed by atoms with Crippen LogP contribution in [0.25, 0.3) is 0 Å². The highest BCUT2D eigenvalue weighted by atomic mass is 19.4. The van der Waals surface area contributed by atoms with Gasteiger partial charge in [0.25, 0.3) is 0 Å². The van der Waals surface area contributed by atoms with Gasteiger partial charge in [0.05, 0.1) is 29.9 Å². The van der Waals surface area contributed by atoms with Crippen LogP contribution in [0.1, 0.15) is 62.0 Å². The molecule has 0 spiro atoms. The minimum Gasteiger partial charge on any atom is -0.444 e. The molecule has 0 saturated carbocycles. The number of ether oxygens (including phenoxy) is 2. The van der Waals surface area contributed by atoms with Gasteiger partial charge in [-0.25, -0.2) is 9.18 Å². The second kappa shape index (κ2) is 9.91. The third kappa shape index (κ3) is 6.89. The summed E-state index contributed by atoms with van der Waals surface area (Å²) in [6.07, 6.45) is -12.6. The predicted molar refractivity (Wildman–Crippen MR) is 117 cm³/mol. The van der Waals surface area contributed by atoms with Gasteiger partial charge in [0, 0.05) is 12.5 Å². The second-order valence-electron chi connectivity index (χ2n) is 9.70. The van der Waals surface area contributed by atoms with Gasteiger partial charge in [-0.05, 0) is 69.2 Å². The summed E-state index contributed by atoms with van der Waals surface area (Å²) in [5.74, 6) is -1.01. The fourth-order valence-corrected chi connectivity index (χ4v) is 3.97. The molecule has 0 bridgehead atoms. The molecular weight excluding hydrogens is 495 g/mol. The lowest BCUT2D eigenvalue weighted by Crippen LogP contribution is -2.36. The molecule has 1 fully saturated rings. The van der Waals surface area contributed by atoms with Crippen LogP contribution in [-0.2, 0) is 21.8 Å². The molecule has 1 aliphatic rings. The number of benzene rings is 2. The SMILES string of the molecule is C[C@@H](O[C@H]1CN(C(=O)OC(C)(C)C)C[C@H]1c1ccc(F)cc1)c1cc(C(F)(F)F)cc(C(F)(F)F)c1. The fourth-order valence-electron chi connectivity index (χ4n) is 3.97. The zero-order valence-corrected chi connectivity index (χ0v) is 20.0. The van der Waals surface area contributed by atoms with E-state index in [1.165, 1.54) is 36.1 Å². The molecule has 0 aliphatic carbocycles. The molecule has 3 atom stereocenters. The van der Waals surface area contributed by atoms with E-state index in [2.05, 4.69) is 0 Å². The fraction of sp³-hybridized carbons (Fsp3) is 0.480. The molecule has 36 heavy (non-hydrogen) atoms. The minimum atomic E-state index is -4.99. The van der Waals surface area contributed by atoms with Crippen molar-refractivity contribution in [1.29, 1.82) is 0 Å². The molecule has 3 rings (SSSR count). The van der Waals surface area contributed by atoms with Gasteiger partial charge in [-0.3, -0.25) is 0 Å². The van der Waals surface area contributed by atoms with E-state index in [0.717, 1.165) is 0 Å². The minimum absolute atomic E-state index is 0.0214. The third-order valence-corrected chi connectivity index (χ3v) is 5.67. The molecule has 0 N–H and O–H groups in total. The smallest absolute Gasteiger partial charge is 0.416 e. The van der Waals surface area contributed by atoms with Gasteiger partial charge in [0.1, 0.15) is 11.4 Å². The zero-order valence-electron chi connectivity index (χ0n) is 20.0. The van der Waals surface area contributed by atoms with E-state index in [1.807, 2.05) is 0 Å². The van der Waals surface area contributed by atoms with Crippen molar-refractivity contribution in [2.45, 2.75) is 63.8 Å². The Morgan fingerprint density at radius 1 is 0.917 bits per heavy atom. The van der Waals surface area contributed by atoms with Gasteiger partial charge in [-0.2, -0.15) is 26.3 Å². The van der Waals surface area contributed by atoms with Crippen molar-refractivity contribution < 1.29 is 45.0 Å². The first-order valence-electron chi connectivity index (χ1n) is 11.1. The van der Waals surface area contributed by atoms with Crippen molar-refractivity contribution in [1.82, 2.24) is 4.90 Å². The Morgan fingerprint density at radius 2 is 1.44 bits per heavy atom. The van der Waals surface area contributed by atoms with E-state index >= 15 is 0 Å². The summed E-state index contributed by atoms with van der Waals surface area (Å²) in [5, 5.41) is 0. The van der Waals surface area contributed by atoms with E-state index in [4.69, 9.17) is 9.47 Å². The molecule has 4 nitrogen and oxygen atoms in total. The quantitative estimate of drug-likeness (QED) is 0.395. The Hall–Kier alpha value is -2.82. The van der Waals surface area contributed by atoms with Crippen molar-refractivity contribution in [3.8, 4) is 0 Å². The maximum Gasteiger partial charge on any atom is 0.416 e. The van der Waals surface area contributed by atoms with E-state index < -0.39 is 59.1 Å². The maximum atomic E-state index is 13.5. The monoisotopic (exact) mass is 521 g/mol. The molecular formula is C25H26F7NO3. The van der Waals surface area contributed by atoms with E-state index in [1.54, 1.807) is 20.8 Å². The van der Waals surface area contributed by atoms with Crippen LogP contribution in [0.2, 0.25) is 0 Å². The van der Waals surface area contributed by atoms with Crippen molar-refractivity contribution >= 4 is 6.09 Å². The van der Waals surface area contributed by atoms with E-state index in [9.17, 15) is 35.5 Å². The number of amides is 1. The van der Waals surface area contributed by atoms with Crippen LogP contribution < -0.4 is 0 Å². The van der Waals surface area contributed by atoms with Crippen LogP contribution >= 0.6 is 0 Å². The average molecular weight is 521 g/mol. The number of hydrogen-bond acceptors (Lipinski definition) is 3. The van der Waals surface area contributed by atoms with E-state index in [0.29, 0.717) is 17.7 Å². The Morgan fingerprint density at radius 3 is 1.92 bits per heavy atom. The Balaban J connectivity index is 1.92. The van der Waals surface area contributed by atoms with Crippen LogP contribution in [-0.4, -0.2) is 35.8 Å². The molecule has 0 unspecified atom stereocenters. The summed E-state index contributed by atoms with van der Waals surface area (Å²) < 4.78 is 105. The second-order valence-corrected chi connectivity index (χ2v) is 9.70. The first-order valence-corrected chi connectivity index (χ1v) is 11.1. The number of carbonyl (C=O) groups is 1. The number of hydrogen-bond donors (Lipinski definition) is 0. The summed E-state index contributed by atoms with van der Waals surface area (Å²) in [6.45, 7) is 6.47. The van der Waals surface area contributed by atoms with Gasteiger partial charge in [0.15, 0.2) is 0 Å². The standard InChI is InChI=1S/C25H26F7NO3/c1-14(16-9-17(24(27,28)29)11-18(10-16)25(30,31)32)35-21-13-33(22(34)36-23(2,3)4)12-20(21)15-5-7-19(26)8-6-15/h5-11,14,20-21H,12-13H2,1-4H3/t14-,20+,21+/m1/s1. The summed E-state index contributed by atoms with van der Waals surface area (Å²) in [7, 11) is 0. The Labute approximate surface area is 204 Å². The van der Waals surface area contributed by atoms with Crippen LogP contribution in [0, 0.1) is 5.82 Å². The number of halogens is 7. The summed E-state index contributed by atoms with van der Waals surface area (Å²) >= 11 is 0. The molecule has 0 aromatic heterocycles. The van der Waals surface area contributed by atoms with Gasteiger partial charge in [-0.15, -0.1) is 0 Å². The Bertz CT molecular complexity index is 1040. The highest BCUT2D eigenvalue weighted by molar-refractivity contribution is 5.69. The van der Waals surface area contributed by atoms with Crippen molar-refractivity contribution in [2.75, 3.05) is 13.1 Å². The molecule has 1 aliphatic heterocycles. The number of alkyl halides is 6. The molecule has 2 aromatic carbocycles. The van der Waals surface area contributed by atoms with Crippen LogP contribution in [0.3, 0.4) is 0 Å². The molecule has 2 aromatic rings. The average Bonchev–Trinajstić information content (AvgIpc) is 3.15. The topological polar surface area (TPSA) is 38.8 Å². The molecule has 0 radical (unpaired) electrons. The van der Waals surface area contributed by atoms with Crippen molar-refractivity contribution in [3.05, 3.63) is 70.5 Å². The maximum absolute atomic E-state index is 13.5. The lowest BCUT2D eigenvalue weighted by Gasteiger charge is -2.25. The molecule has 1 saturated heterocycles. The first-order chi connectivity index (χ1) is 16.4. The summed E-state index contributed by atoms with van der Waals surface area (Å²) in [4.78, 5) is 14.0. The zero-order chi connectivity index (χ0) is 27.1.